The number of likely N-dealkylation sites (tertiary alicyclic amines) is 1. The summed E-state index contributed by atoms with van der Waals surface area (Å²) in [7, 11) is 0. The van der Waals surface area contributed by atoms with Crippen molar-refractivity contribution in [3.63, 3.8) is 0 Å². The number of nitrogens with zero attached hydrogens (tertiary/aromatic N) is 3. The van der Waals surface area contributed by atoms with E-state index in [0.717, 1.165) is 6.42 Å². The van der Waals surface area contributed by atoms with E-state index in [-0.39, 0.29) is 12.6 Å². The largest absolute Gasteiger partial charge is 0.381 e. The van der Waals surface area contributed by atoms with E-state index in [2.05, 4.69) is 20.7 Å². The van der Waals surface area contributed by atoms with Crippen molar-refractivity contribution in [2.45, 2.75) is 69.4 Å². The van der Waals surface area contributed by atoms with Crippen molar-refractivity contribution in [3.8, 4) is 0 Å². The van der Waals surface area contributed by atoms with Gasteiger partial charge in [-0.3, -0.25) is 0 Å². The van der Waals surface area contributed by atoms with Gasteiger partial charge in [-0.25, -0.2) is 4.79 Å². The Bertz CT molecular complexity index is 584. The zero-order chi connectivity index (χ0) is 16.6. The number of aliphatic hydroxyl groups is 1. The molecule has 3 N–H and O–H groups in total. The molecular weight excluding hydrogens is 306 g/mol. The maximum Gasteiger partial charge on any atom is 0.317 e. The molecule has 3 fully saturated rings. The van der Waals surface area contributed by atoms with Crippen LogP contribution < -0.4 is 5.32 Å². The Balaban J connectivity index is 1.41. The van der Waals surface area contributed by atoms with Crippen LogP contribution in [0.15, 0.2) is 6.20 Å². The second kappa shape index (κ2) is 6.02. The first-order valence-corrected chi connectivity index (χ1v) is 9.25. The SMILES string of the molecule is O=C(NC1CCCCC12CCCC2)N1CCC(O)(c2cn[nH]n2)C1. The summed E-state index contributed by atoms with van der Waals surface area (Å²) in [6, 6.07) is 0.259. The molecule has 24 heavy (non-hydrogen) atoms. The summed E-state index contributed by atoms with van der Waals surface area (Å²) in [5.41, 5.74) is -0.236. The Kier molecular flexibility index (Phi) is 3.98. The van der Waals surface area contributed by atoms with Gasteiger partial charge in [0.25, 0.3) is 0 Å². The maximum absolute atomic E-state index is 12.8. The van der Waals surface area contributed by atoms with Crippen LogP contribution in [0.4, 0.5) is 4.79 Å². The summed E-state index contributed by atoms with van der Waals surface area (Å²) in [4.78, 5) is 14.5. The summed E-state index contributed by atoms with van der Waals surface area (Å²) in [6.45, 7) is 0.833. The number of carbonyl (C=O) groups excluding carboxylic acids is 1. The van der Waals surface area contributed by atoms with E-state index < -0.39 is 5.60 Å². The van der Waals surface area contributed by atoms with Gasteiger partial charge in [-0.15, -0.1) is 0 Å². The molecule has 2 saturated carbocycles. The number of aromatic nitrogens is 3. The highest BCUT2D eigenvalue weighted by molar-refractivity contribution is 5.75. The highest BCUT2D eigenvalue weighted by Gasteiger charge is 2.46. The zero-order valence-electron chi connectivity index (χ0n) is 14.1. The van der Waals surface area contributed by atoms with Crippen molar-refractivity contribution in [2.75, 3.05) is 13.1 Å². The summed E-state index contributed by atoms with van der Waals surface area (Å²) < 4.78 is 0. The Hall–Kier alpha value is -1.63. The van der Waals surface area contributed by atoms with Crippen LogP contribution >= 0.6 is 0 Å². The fraction of sp³-hybridized carbons (Fsp3) is 0.824. The molecule has 0 aromatic carbocycles. The molecule has 1 saturated heterocycles. The molecule has 1 aromatic rings. The van der Waals surface area contributed by atoms with E-state index >= 15 is 0 Å². The van der Waals surface area contributed by atoms with Crippen LogP contribution in [0, 0.1) is 5.41 Å². The van der Waals surface area contributed by atoms with Crippen molar-refractivity contribution in [2.24, 2.45) is 5.41 Å². The number of amides is 2. The molecule has 0 bridgehead atoms. The monoisotopic (exact) mass is 333 g/mol. The average molecular weight is 333 g/mol. The lowest BCUT2D eigenvalue weighted by molar-refractivity contribution is 0.0439. The predicted octanol–water partition coefficient (Wildman–Crippen LogP) is 1.91. The van der Waals surface area contributed by atoms with Gasteiger partial charge in [0.2, 0.25) is 0 Å². The Morgan fingerprint density at radius 1 is 1.25 bits per heavy atom. The molecule has 2 amide bonds. The molecule has 4 rings (SSSR count). The summed E-state index contributed by atoms with van der Waals surface area (Å²) >= 11 is 0. The molecule has 2 atom stereocenters. The number of urea groups is 1. The number of rotatable bonds is 2. The summed E-state index contributed by atoms with van der Waals surface area (Å²) in [5, 5.41) is 24.3. The quantitative estimate of drug-likeness (QED) is 0.770. The normalized spacial score (nSPS) is 32.4. The second-order valence-electron chi connectivity index (χ2n) is 7.88. The topological polar surface area (TPSA) is 94.1 Å². The highest BCUT2D eigenvalue weighted by atomic mass is 16.3. The molecule has 7 nitrogen and oxygen atoms in total. The van der Waals surface area contributed by atoms with Gasteiger partial charge in [-0.05, 0) is 31.1 Å². The first-order chi connectivity index (χ1) is 11.6. The second-order valence-corrected chi connectivity index (χ2v) is 7.88. The van der Waals surface area contributed by atoms with Crippen LogP contribution in [0.3, 0.4) is 0 Å². The molecule has 7 heteroatoms. The number of hydrogen-bond donors (Lipinski definition) is 3. The third-order valence-electron chi connectivity index (χ3n) is 6.48. The lowest BCUT2D eigenvalue weighted by Gasteiger charge is -2.42. The number of H-pyrrole nitrogens is 1. The van der Waals surface area contributed by atoms with Gasteiger partial charge in [-0.1, -0.05) is 25.7 Å². The fourth-order valence-corrected chi connectivity index (χ4v) is 5.05. The van der Waals surface area contributed by atoms with E-state index in [1.807, 2.05) is 0 Å². The van der Waals surface area contributed by atoms with Gasteiger partial charge in [0, 0.05) is 19.0 Å². The van der Waals surface area contributed by atoms with E-state index in [0.29, 0.717) is 30.1 Å². The molecule has 2 heterocycles. The molecule has 132 valence electrons. The first kappa shape index (κ1) is 15.9. The lowest BCUT2D eigenvalue weighted by atomic mass is 9.69. The lowest BCUT2D eigenvalue weighted by Crippen LogP contribution is -2.52. The highest BCUT2D eigenvalue weighted by Crippen LogP contribution is 2.49. The molecule has 0 radical (unpaired) electrons. The third kappa shape index (κ3) is 2.68. The van der Waals surface area contributed by atoms with Crippen molar-refractivity contribution in [1.29, 1.82) is 0 Å². The van der Waals surface area contributed by atoms with E-state index in [1.165, 1.54) is 51.1 Å². The van der Waals surface area contributed by atoms with Crippen LogP contribution in [-0.2, 0) is 5.60 Å². The van der Waals surface area contributed by atoms with Crippen LogP contribution in [0.25, 0.3) is 0 Å². The minimum absolute atomic E-state index is 0.0346. The molecule has 1 aromatic heterocycles. The van der Waals surface area contributed by atoms with Crippen molar-refractivity contribution >= 4 is 6.03 Å². The molecular formula is C17H27N5O2. The Labute approximate surface area is 142 Å². The minimum atomic E-state index is -1.08. The molecule has 1 spiro atoms. The standard InChI is InChI=1S/C17H27N5O2/c23-15(19-13-5-1-2-6-16(13)7-3-4-8-16)22-10-9-17(24,12-22)14-11-18-21-20-14/h11,13,24H,1-10,12H2,(H,19,23)(H,18,20,21). The number of hydrogen-bond acceptors (Lipinski definition) is 4. The summed E-state index contributed by atoms with van der Waals surface area (Å²) in [6.07, 6.45) is 12.0. The molecule has 2 unspecified atom stereocenters. The van der Waals surface area contributed by atoms with Crippen molar-refractivity contribution in [1.82, 2.24) is 25.6 Å². The van der Waals surface area contributed by atoms with Crippen LogP contribution in [0.2, 0.25) is 0 Å². The number of carbonyl (C=O) groups is 1. The smallest absolute Gasteiger partial charge is 0.317 e. The third-order valence-corrected chi connectivity index (χ3v) is 6.48. The maximum atomic E-state index is 12.8. The zero-order valence-corrected chi connectivity index (χ0v) is 14.1. The van der Waals surface area contributed by atoms with E-state index in [1.54, 1.807) is 4.90 Å². The molecule has 1 aliphatic heterocycles. The van der Waals surface area contributed by atoms with Gasteiger partial charge in [0.15, 0.2) is 0 Å². The number of nitrogens with one attached hydrogen (secondary N) is 2. The van der Waals surface area contributed by atoms with Crippen LogP contribution in [0.5, 0.6) is 0 Å². The molecule has 2 aliphatic carbocycles. The minimum Gasteiger partial charge on any atom is -0.381 e. The molecule has 3 aliphatic rings. The average Bonchev–Trinajstić information content (AvgIpc) is 3.31. The van der Waals surface area contributed by atoms with E-state index in [4.69, 9.17) is 0 Å². The van der Waals surface area contributed by atoms with Crippen LogP contribution in [0.1, 0.15) is 63.5 Å². The summed E-state index contributed by atoms with van der Waals surface area (Å²) in [5.74, 6) is 0. The first-order valence-electron chi connectivity index (χ1n) is 9.25. The fourth-order valence-electron chi connectivity index (χ4n) is 5.05. The van der Waals surface area contributed by atoms with Gasteiger partial charge in [-0.2, -0.15) is 15.4 Å². The Morgan fingerprint density at radius 2 is 2.00 bits per heavy atom. The van der Waals surface area contributed by atoms with Crippen LogP contribution in [-0.4, -0.2) is 50.6 Å². The Morgan fingerprint density at radius 3 is 2.71 bits per heavy atom. The van der Waals surface area contributed by atoms with Gasteiger partial charge >= 0.3 is 6.03 Å². The van der Waals surface area contributed by atoms with Gasteiger partial charge in [0.05, 0.1) is 12.7 Å². The number of aromatic amines is 1. The van der Waals surface area contributed by atoms with Crippen molar-refractivity contribution in [3.05, 3.63) is 11.9 Å². The van der Waals surface area contributed by atoms with E-state index in [9.17, 15) is 9.90 Å². The predicted molar refractivity (Wildman–Crippen MR) is 88.2 cm³/mol. The van der Waals surface area contributed by atoms with Gasteiger partial charge < -0.3 is 15.3 Å². The van der Waals surface area contributed by atoms with Gasteiger partial charge in [0.1, 0.15) is 11.3 Å². The van der Waals surface area contributed by atoms with Crippen molar-refractivity contribution < 1.29 is 9.90 Å². The number of β-amino-alcohol motifs (C(OH)–C–C–N with tert-alkyl or cyclic N) is 1.